The Hall–Kier alpha value is -3.26. The summed E-state index contributed by atoms with van der Waals surface area (Å²) in [4.78, 5) is 28.1. The molecule has 3 amide bonds. The van der Waals surface area contributed by atoms with Crippen molar-refractivity contribution in [2.24, 2.45) is 0 Å². The average molecular weight is 393 g/mol. The molecule has 0 fully saturated rings. The monoisotopic (exact) mass is 393 g/mol. The Kier molecular flexibility index (Phi) is 6.33. The minimum absolute atomic E-state index is 0.359. The highest BCUT2D eigenvalue weighted by molar-refractivity contribution is 8.00. The lowest BCUT2D eigenvalue weighted by atomic mass is 10.0. The summed E-state index contributed by atoms with van der Waals surface area (Å²) in [6, 6.07) is 18.8. The number of carbonyl (C=O) groups is 2. The Labute approximate surface area is 167 Å². The lowest BCUT2D eigenvalue weighted by Crippen LogP contribution is -2.41. The topological polar surface area (TPSA) is 96.9 Å². The normalized spacial score (nSPS) is 11.5. The molecule has 0 unspecified atom stereocenters. The summed E-state index contributed by atoms with van der Waals surface area (Å²) in [5.74, 6) is -0.429. The number of nitrogens with zero attached hydrogens (tertiary/aromatic N) is 3. The number of hydrogen-bond acceptors (Lipinski definition) is 6. The summed E-state index contributed by atoms with van der Waals surface area (Å²) in [6.45, 7) is 1.68. The van der Waals surface area contributed by atoms with Crippen LogP contribution in [0.3, 0.4) is 0 Å². The number of carbonyl (C=O) groups excluding carboxylic acids is 2. The van der Waals surface area contributed by atoms with Gasteiger partial charge in [-0.3, -0.25) is 10.1 Å². The molecule has 0 saturated carbocycles. The van der Waals surface area contributed by atoms with E-state index in [9.17, 15) is 9.59 Å². The van der Waals surface area contributed by atoms with Crippen LogP contribution in [0.5, 0.6) is 0 Å². The van der Waals surface area contributed by atoms with E-state index in [0.717, 1.165) is 22.9 Å². The van der Waals surface area contributed by atoms with Crippen LogP contribution in [0.4, 0.5) is 4.79 Å². The van der Waals surface area contributed by atoms with E-state index >= 15 is 0 Å². The van der Waals surface area contributed by atoms with Crippen LogP contribution in [-0.2, 0) is 4.79 Å². The molecule has 2 aromatic carbocycles. The van der Waals surface area contributed by atoms with E-state index in [2.05, 4.69) is 25.8 Å². The number of nitrogens with one attached hydrogen (secondary N) is 2. The Morgan fingerprint density at radius 3 is 2.04 bits per heavy atom. The second kappa shape index (κ2) is 9.09. The first kappa shape index (κ1) is 19.5. The van der Waals surface area contributed by atoms with Crippen molar-refractivity contribution in [2.45, 2.75) is 17.3 Å². The van der Waals surface area contributed by atoms with E-state index in [1.165, 1.54) is 7.05 Å². The molecule has 2 N–H and O–H groups in total. The van der Waals surface area contributed by atoms with Gasteiger partial charge in [0, 0.05) is 18.2 Å². The summed E-state index contributed by atoms with van der Waals surface area (Å²) in [6.07, 6.45) is 0. The van der Waals surface area contributed by atoms with Crippen molar-refractivity contribution in [1.82, 2.24) is 25.8 Å². The predicted molar refractivity (Wildman–Crippen MR) is 109 cm³/mol. The van der Waals surface area contributed by atoms with Crippen molar-refractivity contribution >= 4 is 23.7 Å². The van der Waals surface area contributed by atoms with Crippen molar-refractivity contribution in [2.75, 3.05) is 7.05 Å². The molecule has 28 heavy (non-hydrogen) atoms. The highest BCUT2D eigenvalue weighted by Gasteiger charge is 2.20. The van der Waals surface area contributed by atoms with Crippen LogP contribution in [0.1, 0.15) is 6.92 Å². The molecule has 1 atom stereocenters. The van der Waals surface area contributed by atoms with E-state index < -0.39 is 17.2 Å². The summed E-state index contributed by atoms with van der Waals surface area (Å²) in [7, 11) is 1.45. The summed E-state index contributed by atoms with van der Waals surface area (Å²) < 4.78 is 0. The van der Waals surface area contributed by atoms with Crippen LogP contribution < -0.4 is 10.6 Å². The molecular formula is C20H19N5O2S. The first-order valence-corrected chi connectivity index (χ1v) is 9.51. The molecule has 0 aliphatic carbocycles. The van der Waals surface area contributed by atoms with Gasteiger partial charge in [0.15, 0.2) is 0 Å². The molecule has 0 aliphatic rings. The average Bonchev–Trinajstić information content (AvgIpc) is 2.74. The third-order valence-electron chi connectivity index (χ3n) is 3.88. The standard InChI is InChI=1S/C20H19N5O2S/c1-13(18(26)23-19(27)21-2)28-20-22-16(14-9-5-3-6-10-14)17(24-25-20)15-11-7-4-8-12-15/h3-13H,1-2H3,(H2,21,23,26,27)/t13-/m1/s1. The third kappa shape index (κ3) is 4.72. The van der Waals surface area contributed by atoms with Gasteiger partial charge in [-0.25, -0.2) is 9.78 Å². The van der Waals surface area contributed by atoms with E-state index in [1.807, 2.05) is 60.7 Å². The second-order valence-corrected chi connectivity index (χ2v) is 7.16. The molecule has 0 saturated heterocycles. The lowest BCUT2D eigenvalue weighted by molar-refractivity contribution is -0.119. The Balaban J connectivity index is 1.92. The lowest BCUT2D eigenvalue weighted by Gasteiger charge is -2.12. The molecular weight excluding hydrogens is 374 g/mol. The molecule has 8 heteroatoms. The van der Waals surface area contributed by atoms with Crippen molar-refractivity contribution in [3.05, 3.63) is 60.7 Å². The smallest absolute Gasteiger partial charge is 0.321 e. The molecule has 0 radical (unpaired) electrons. The summed E-state index contributed by atoms with van der Waals surface area (Å²) in [5, 5.41) is 12.9. The van der Waals surface area contributed by atoms with Gasteiger partial charge in [0.05, 0.1) is 5.25 Å². The number of thioether (sulfide) groups is 1. The molecule has 3 aromatic rings. The minimum atomic E-state index is -0.565. The van der Waals surface area contributed by atoms with Gasteiger partial charge >= 0.3 is 6.03 Å². The fraction of sp³-hybridized carbons (Fsp3) is 0.150. The fourth-order valence-electron chi connectivity index (χ4n) is 2.44. The van der Waals surface area contributed by atoms with Crippen LogP contribution in [0.15, 0.2) is 65.8 Å². The number of urea groups is 1. The second-order valence-electron chi connectivity index (χ2n) is 5.85. The number of hydrogen-bond donors (Lipinski definition) is 2. The van der Waals surface area contributed by atoms with E-state index in [1.54, 1.807) is 6.92 Å². The number of aromatic nitrogens is 3. The molecule has 142 valence electrons. The third-order valence-corrected chi connectivity index (χ3v) is 4.83. The van der Waals surface area contributed by atoms with Gasteiger partial charge in [-0.15, -0.1) is 10.2 Å². The molecule has 3 rings (SSSR count). The van der Waals surface area contributed by atoms with Crippen LogP contribution in [-0.4, -0.2) is 39.4 Å². The van der Waals surface area contributed by atoms with E-state index in [-0.39, 0.29) is 0 Å². The van der Waals surface area contributed by atoms with E-state index in [0.29, 0.717) is 16.5 Å². The first-order chi connectivity index (χ1) is 13.6. The maximum Gasteiger partial charge on any atom is 0.321 e. The number of benzene rings is 2. The fourth-order valence-corrected chi connectivity index (χ4v) is 3.15. The van der Waals surface area contributed by atoms with Crippen LogP contribution in [0.2, 0.25) is 0 Å². The predicted octanol–water partition coefficient (Wildman–Crippen LogP) is 3.14. The Bertz CT molecular complexity index is 967. The zero-order valence-electron chi connectivity index (χ0n) is 15.4. The number of imide groups is 1. The zero-order valence-corrected chi connectivity index (χ0v) is 16.2. The number of amides is 3. The maximum absolute atomic E-state index is 12.1. The van der Waals surface area contributed by atoms with E-state index in [4.69, 9.17) is 0 Å². The van der Waals surface area contributed by atoms with Gasteiger partial charge in [0.25, 0.3) is 0 Å². The molecule has 0 aliphatic heterocycles. The van der Waals surface area contributed by atoms with Gasteiger partial charge in [-0.2, -0.15) is 0 Å². The minimum Gasteiger partial charge on any atom is -0.341 e. The molecule has 7 nitrogen and oxygen atoms in total. The summed E-state index contributed by atoms with van der Waals surface area (Å²) >= 11 is 1.14. The van der Waals surface area contributed by atoms with Crippen molar-refractivity contribution in [3.63, 3.8) is 0 Å². The number of rotatable bonds is 5. The van der Waals surface area contributed by atoms with Gasteiger partial charge in [-0.05, 0) is 6.92 Å². The van der Waals surface area contributed by atoms with Crippen molar-refractivity contribution in [3.8, 4) is 22.5 Å². The van der Waals surface area contributed by atoms with Crippen LogP contribution in [0.25, 0.3) is 22.5 Å². The molecule has 0 bridgehead atoms. The Morgan fingerprint density at radius 1 is 0.893 bits per heavy atom. The van der Waals surface area contributed by atoms with Crippen LogP contribution in [0, 0.1) is 0 Å². The highest BCUT2D eigenvalue weighted by atomic mass is 32.2. The summed E-state index contributed by atoms with van der Waals surface area (Å²) in [5.41, 5.74) is 3.16. The Morgan fingerprint density at radius 2 is 1.46 bits per heavy atom. The largest absolute Gasteiger partial charge is 0.341 e. The SMILES string of the molecule is CNC(=O)NC(=O)[C@@H](C)Sc1nnc(-c2ccccc2)c(-c2ccccc2)n1. The quantitative estimate of drug-likeness (QED) is 0.647. The van der Waals surface area contributed by atoms with Gasteiger partial charge in [-0.1, -0.05) is 72.4 Å². The zero-order chi connectivity index (χ0) is 19.9. The molecule has 1 aromatic heterocycles. The van der Waals surface area contributed by atoms with Crippen molar-refractivity contribution < 1.29 is 9.59 Å². The van der Waals surface area contributed by atoms with Crippen LogP contribution >= 0.6 is 11.8 Å². The van der Waals surface area contributed by atoms with Gasteiger partial charge in [0.2, 0.25) is 11.1 Å². The molecule has 0 spiro atoms. The maximum atomic E-state index is 12.1. The molecule has 1 heterocycles. The van der Waals surface area contributed by atoms with Gasteiger partial charge in [0.1, 0.15) is 11.4 Å². The van der Waals surface area contributed by atoms with Gasteiger partial charge < -0.3 is 5.32 Å². The first-order valence-electron chi connectivity index (χ1n) is 8.63. The highest BCUT2D eigenvalue weighted by Crippen LogP contribution is 2.30. The van der Waals surface area contributed by atoms with Crippen molar-refractivity contribution in [1.29, 1.82) is 0 Å².